The molecule has 4 N–H and O–H groups in total. The lowest BCUT2D eigenvalue weighted by atomic mass is 10.1. The van der Waals surface area contributed by atoms with Crippen LogP contribution in [0.2, 0.25) is 0 Å². The number of nitrogens with two attached hydrogens (primary N) is 1. The van der Waals surface area contributed by atoms with E-state index in [2.05, 4.69) is 39.6 Å². The number of rotatable bonds is 6. The first kappa shape index (κ1) is 17.0. The van der Waals surface area contributed by atoms with Gasteiger partial charge in [-0.2, -0.15) is 0 Å². The van der Waals surface area contributed by atoms with Gasteiger partial charge in [0.2, 0.25) is 0 Å². The first-order valence-corrected chi connectivity index (χ1v) is 8.83. The molecule has 0 fully saturated rings. The number of carbonyl (C=O) groups excluding carboxylic acids is 1. The summed E-state index contributed by atoms with van der Waals surface area (Å²) in [5, 5.41) is 3.44. The number of aromatic nitrogens is 2. The number of hydrogen-bond donors (Lipinski definition) is 3. The molecule has 1 heterocycles. The van der Waals surface area contributed by atoms with E-state index in [4.69, 9.17) is 5.73 Å². The quantitative estimate of drug-likeness (QED) is 0.493. The third-order valence-corrected chi connectivity index (χ3v) is 4.51. The number of fused-ring (bicyclic) bond motifs is 1. The Bertz CT molecular complexity index is 1070. The molecule has 0 atom stereocenters. The average Bonchev–Trinajstić information content (AvgIpc) is 3.13. The number of amides is 1. The molecule has 27 heavy (non-hydrogen) atoms. The Kier molecular flexibility index (Phi) is 4.68. The van der Waals surface area contributed by atoms with Gasteiger partial charge < -0.3 is 16.0 Å². The summed E-state index contributed by atoms with van der Waals surface area (Å²) in [5.74, 6) is 0.251. The molecular formula is C22H20N4O. The van der Waals surface area contributed by atoms with Gasteiger partial charge in [0.25, 0.3) is 5.91 Å². The number of H-pyrrole nitrogens is 1. The standard InChI is InChI=1S/C22H20N4O/c23-21(27)18-7-4-8-19-20(18)26-22(25-19)17-11-9-16(10-12-17)14-24-13-15-5-2-1-3-6-15/h1-12,24H,13-14H2,(H2,23,27)(H,25,26). The number of carbonyl (C=O) groups is 1. The van der Waals surface area contributed by atoms with Crippen molar-refractivity contribution in [2.45, 2.75) is 13.1 Å². The number of nitrogens with zero attached hydrogens (tertiary/aromatic N) is 1. The molecule has 5 nitrogen and oxygen atoms in total. The molecule has 0 saturated carbocycles. The van der Waals surface area contributed by atoms with Crippen LogP contribution in [0.3, 0.4) is 0 Å². The maximum atomic E-state index is 11.6. The minimum Gasteiger partial charge on any atom is -0.366 e. The van der Waals surface area contributed by atoms with Crippen molar-refractivity contribution in [2.24, 2.45) is 5.73 Å². The predicted molar refractivity (Wildman–Crippen MR) is 107 cm³/mol. The topological polar surface area (TPSA) is 83.8 Å². The van der Waals surface area contributed by atoms with Crippen LogP contribution in [-0.4, -0.2) is 15.9 Å². The average molecular weight is 356 g/mol. The molecule has 0 aliphatic heterocycles. The molecule has 0 spiro atoms. The van der Waals surface area contributed by atoms with Gasteiger partial charge in [-0.3, -0.25) is 4.79 Å². The fraction of sp³-hybridized carbons (Fsp3) is 0.0909. The molecule has 134 valence electrons. The van der Waals surface area contributed by atoms with E-state index in [1.165, 1.54) is 11.1 Å². The minimum atomic E-state index is -0.474. The maximum absolute atomic E-state index is 11.6. The number of imidazole rings is 1. The summed E-state index contributed by atoms with van der Waals surface area (Å²) in [5.41, 5.74) is 10.7. The van der Waals surface area contributed by atoms with E-state index in [0.717, 1.165) is 30.0 Å². The second-order valence-corrected chi connectivity index (χ2v) is 6.44. The van der Waals surface area contributed by atoms with Gasteiger partial charge in [0.1, 0.15) is 11.3 Å². The second kappa shape index (κ2) is 7.43. The van der Waals surface area contributed by atoms with Gasteiger partial charge in [0, 0.05) is 18.7 Å². The van der Waals surface area contributed by atoms with Crippen molar-refractivity contribution in [2.75, 3.05) is 0 Å². The van der Waals surface area contributed by atoms with Crippen LogP contribution in [0.15, 0.2) is 72.8 Å². The highest BCUT2D eigenvalue weighted by Gasteiger charge is 2.12. The SMILES string of the molecule is NC(=O)c1cccc2[nH]c(-c3ccc(CNCc4ccccc4)cc3)nc12. The molecule has 0 bridgehead atoms. The smallest absolute Gasteiger partial charge is 0.250 e. The van der Waals surface area contributed by atoms with Gasteiger partial charge >= 0.3 is 0 Å². The Balaban J connectivity index is 1.48. The van der Waals surface area contributed by atoms with E-state index < -0.39 is 5.91 Å². The zero-order chi connectivity index (χ0) is 18.6. The van der Waals surface area contributed by atoms with Crippen molar-refractivity contribution in [1.29, 1.82) is 0 Å². The number of aromatic amines is 1. The number of benzene rings is 3. The lowest BCUT2D eigenvalue weighted by Crippen LogP contribution is -2.12. The highest BCUT2D eigenvalue weighted by Crippen LogP contribution is 2.23. The monoisotopic (exact) mass is 356 g/mol. The van der Waals surface area contributed by atoms with Gasteiger partial charge in [0.15, 0.2) is 0 Å². The second-order valence-electron chi connectivity index (χ2n) is 6.44. The molecule has 1 amide bonds. The molecule has 0 aliphatic carbocycles. The van der Waals surface area contributed by atoms with Crippen LogP contribution >= 0.6 is 0 Å². The van der Waals surface area contributed by atoms with Crippen molar-refractivity contribution in [3.8, 4) is 11.4 Å². The first-order chi connectivity index (χ1) is 13.2. The fourth-order valence-electron chi connectivity index (χ4n) is 3.10. The van der Waals surface area contributed by atoms with Crippen molar-refractivity contribution in [3.63, 3.8) is 0 Å². The van der Waals surface area contributed by atoms with Gasteiger partial charge in [0.05, 0.1) is 11.1 Å². The van der Waals surface area contributed by atoms with Crippen LogP contribution in [0.5, 0.6) is 0 Å². The van der Waals surface area contributed by atoms with E-state index >= 15 is 0 Å². The van der Waals surface area contributed by atoms with Gasteiger partial charge in [-0.1, -0.05) is 60.7 Å². The summed E-state index contributed by atoms with van der Waals surface area (Å²) in [6, 6.07) is 23.9. The third kappa shape index (κ3) is 3.73. The van der Waals surface area contributed by atoms with Crippen LogP contribution in [0.4, 0.5) is 0 Å². The normalized spacial score (nSPS) is 11.0. The predicted octanol–water partition coefficient (Wildman–Crippen LogP) is 3.62. The molecule has 1 aromatic heterocycles. The molecule has 5 heteroatoms. The summed E-state index contributed by atoms with van der Waals surface area (Å²) in [6.45, 7) is 1.63. The summed E-state index contributed by atoms with van der Waals surface area (Å²) in [4.78, 5) is 19.4. The van der Waals surface area contributed by atoms with Crippen molar-refractivity contribution >= 4 is 16.9 Å². The third-order valence-electron chi connectivity index (χ3n) is 4.51. The number of primary amides is 1. The maximum Gasteiger partial charge on any atom is 0.250 e. The van der Waals surface area contributed by atoms with E-state index in [9.17, 15) is 4.79 Å². The highest BCUT2D eigenvalue weighted by atomic mass is 16.1. The number of para-hydroxylation sites is 1. The molecule has 0 saturated heterocycles. The van der Waals surface area contributed by atoms with Crippen LogP contribution in [0.25, 0.3) is 22.4 Å². The van der Waals surface area contributed by atoms with Crippen LogP contribution in [-0.2, 0) is 13.1 Å². The molecule has 0 aliphatic rings. The molecule has 4 rings (SSSR count). The zero-order valence-electron chi connectivity index (χ0n) is 14.8. The molecular weight excluding hydrogens is 336 g/mol. The van der Waals surface area contributed by atoms with Crippen LogP contribution < -0.4 is 11.1 Å². The number of hydrogen-bond acceptors (Lipinski definition) is 3. The zero-order valence-corrected chi connectivity index (χ0v) is 14.8. The van der Waals surface area contributed by atoms with E-state index in [-0.39, 0.29) is 0 Å². The number of nitrogens with one attached hydrogen (secondary N) is 2. The Morgan fingerprint density at radius 3 is 2.30 bits per heavy atom. The van der Waals surface area contributed by atoms with Gasteiger partial charge in [-0.15, -0.1) is 0 Å². The summed E-state index contributed by atoms with van der Waals surface area (Å²) >= 11 is 0. The minimum absolute atomic E-state index is 0.428. The summed E-state index contributed by atoms with van der Waals surface area (Å²) < 4.78 is 0. The van der Waals surface area contributed by atoms with Crippen molar-refractivity contribution < 1.29 is 4.79 Å². The largest absolute Gasteiger partial charge is 0.366 e. The molecule has 0 unspecified atom stereocenters. The Morgan fingerprint density at radius 1 is 0.889 bits per heavy atom. The molecule has 3 aromatic carbocycles. The Labute approximate surface area is 157 Å². The van der Waals surface area contributed by atoms with Crippen molar-refractivity contribution in [3.05, 3.63) is 89.5 Å². The molecule has 0 radical (unpaired) electrons. The van der Waals surface area contributed by atoms with Crippen molar-refractivity contribution in [1.82, 2.24) is 15.3 Å². The Morgan fingerprint density at radius 2 is 1.59 bits per heavy atom. The van der Waals surface area contributed by atoms with Gasteiger partial charge in [-0.25, -0.2) is 4.98 Å². The van der Waals surface area contributed by atoms with E-state index in [1.807, 2.05) is 36.4 Å². The summed E-state index contributed by atoms with van der Waals surface area (Å²) in [6.07, 6.45) is 0. The summed E-state index contributed by atoms with van der Waals surface area (Å²) in [7, 11) is 0. The Hall–Kier alpha value is -3.44. The van der Waals surface area contributed by atoms with Gasteiger partial charge in [-0.05, 0) is 23.3 Å². The fourth-order valence-corrected chi connectivity index (χ4v) is 3.10. The highest BCUT2D eigenvalue weighted by molar-refractivity contribution is 6.04. The van der Waals surface area contributed by atoms with E-state index in [0.29, 0.717) is 11.1 Å². The van der Waals surface area contributed by atoms with Crippen LogP contribution in [0.1, 0.15) is 21.5 Å². The molecule has 4 aromatic rings. The lowest BCUT2D eigenvalue weighted by molar-refractivity contribution is 0.100. The lowest BCUT2D eigenvalue weighted by Gasteiger charge is -2.06. The first-order valence-electron chi connectivity index (χ1n) is 8.83. The van der Waals surface area contributed by atoms with Crippen LogP contribution in [0, 0.1) is 0 Å². The van der Waals surface area contributed by atoms with E-state index in [1.54, 1.807) is 12.1 Å².